The largest absolute Gasteiger partial charge is 0.503 e. The third kappa shape index (κ3) is 5.27. The van der Waals surface area contributed by atoms with Crippen molar-refractivity contribution in [3.05, 3.63) is 82.5 Å². The molecule has 1 aromatic heterocycles. The zero-order chi connectivity index (χ0) is 25.7. The SMILES string of the molecule is CO/C=C(/C(=O)OC)c1ccccc1COc1nc(Nc2ccc(F)c(F)c2F)nc2c1CCCC2. The number of anilines is 2. The lowest BCUT2D eigenvalue weighted by Gasteiger charge is -2.20. The number of hydrogen-bond acceptors (Lipinski definition) is 7. The summed E-state index contributed by atoms with van der Waals surface area (Å²) in [5.41, 5.74) is 2.73. The van der Waals surface area contributed by atoms with E-state index in [1.165, 1.54) is 20.5 Å². The van der Waals surface area contributed by atoms with E-state index in [4.69, 9.17) is 14.2 Å². The number of ether oxygens (including phenoxy) is 3. The van der Waals surface area contributed by atoms with Gasteiger partial charge in [-0.15, -0.1) is 0 Å². The Bertz CT molecular complexity index is 1310. The summed E-state index contributed by atoms with van der Waals surface area (Å²) in [4.78, 5) is 21.1. The minimum absolute atomic E-state index is 0.00151. The van der Waals surface area contributed by atoms with Crippen molar-refractivity contribution in [1.82, 2.24) is 9.97 Å². The molecule has 0 saturated heterocycles. The second-order valence-corrected chi connectivity index (χ2v) is 8.04. The molecule has 1 heterocycles. The Balaban J connectivity index is 1.66. The minimum Gasteiger partial charge on any atom is -0.503 e. The van der Waals surface area contributed by atoms with E-state index >= 15 is 0 Å². The number of rotatable bonds is 8. The molecule has 4 rings (SSSR count). The molecule has 0 bridgehead atoms. The number of aromatic nitrogens is 2. The Morgan fingerprint density at radius 3 is 2.58 bits per heavy atom. The molecule has 1 N–H and O–H groups in total. The molecular weight excluding hydrogens is 475 g/mol. The van der Waals surface area contributed by atoms with Crippen LogP contribution < -0.4 is 10.1 Å². The number of halogens is 3. The van der Waals surface area contributed by atoms with E-state index in [2.05, 4.69) is 15.3 Å². The van der Waals surface area contributed by atoms with Crippen LogP contribution in [0.15, 0.2) is 42.7 Å². The summed E-state index contributed by atoms with van der Waals surface area (Å²) in [7, 11) is 2.71. The first kappa shape index (κ1) is 25.0. The Hall–Kier alpha value is -4.08. The zero-order valence-electron chi connectivity index (χ0n) is 19.7. The Kier molecular flexibility index (Phi) is 7.72. The first-order valence-electron chi connectivity index (χ1n) is 11.3. The number of methoxy groups -OCH3 is 2. The average molecular weight is 499 g/mol. The van der Waals surface area contributed by atoms with Crippen LogP contribution in [0.1, 0.15) is 35.2 Å². The molecule has 7 nitrogen and oxygen atoms in total. The molecular formula is C26H24F3N3O4. The molecule has 0 spiro atoms. The van der Waals surface area contributed by atoms with Gasteiger partial charge in [-0.1, -0.05) is 24.3 Å². The average Bonchev–Trinajstić information content (AvgIpc) is 2.90. The summed E-state index contributed by atoms with van der Waals surface area (Å²) in [6.45, 7) is 0.0522. The molecule has 36 heavy (non-hydrogen) atoms. The predicted octanol–water partition coefficient (Wildman–Crippen LogP) is 5.26. The molecule has 0 radical (unpaired) electrons. The monoisotopic (exact) mass is 499 g/mol. The summed E-state index contributed by atoms with van der Waals surface area (Å²) in [6.07, 6.45) is 4.51. The number of hydrogen-bond donors (Lipinski definition) is 1. The highest BCUT2D eigenvalue weighted by molar-refractivity contribution is 6.16. The van der Waals surface area contributed by atoms with Gasteiger partial charge in [-0.25, -0.2) is 22.9 Å². The van der Waals surface area contributed by atoms with E-state index in [1.54, 1.807) is 24.3 Å². The number of carbonyl (C=O) groups is 1. The van der Waals surface area contributed by atoms with Crippen molar-refractivity contribution in [3.63, 3.8) is 0 Å². The van der Waals surface area contributed by atoms with Gasteiger partial charge < -0.3 is 19.5 Å². The number of aryl methyl sites for hydroxylation is 1. The third-order valence-electron chi connectivity index (χ3n) is 5.74. The summed E-state index contributed by atoms with van der Waals surface area (Å²) in [5.74, 6) is -4.53. The maximum atomic E-state index is 14.2. The van der Waals surface area contributed by atoms with Gasteiger partial charge in [0.1, 0.15) is 12.2 Å². The number of fused-ring (bicyclic) bond motifs is 1. The molecule has 0 unspecified atom stereocenters. The van der Waals surface area contributed by atoms with Crippen LogP contribution >= 0.6 is 0 Å². The van der Waals surface area contributed by atoms with Gasteiger partial charge in [0.15, 0.2) is 17.5 Å². The van der Waals surface area contributed by atoms with Crippen LogP contribution in [0.25, 0.3) is 5.57 Å². The van der Waals surface area contributed by atoms with Crippen LogP contribution in [-0.2, 0) is 33.7 Å². The molecule has 2 aromatic carbocycles. The zero-order valence-corrected chi connectivity index (χ0v) is 19.7. The molecule has 0 saturated carbocycles. The standard InChI is InChI=1S/C26H24F3N3O4/c1-34-14-18(25(33)35-2)16-8-4-3-7-15(16)13-36-24-17-9-5-6-10-20(17)30-26(32-24)31-21-12-11-19(27)22(28)23(21)29/h3-4,7-8,11-12,14H,5-6,9-10,13H2,1-2H3,(H,30,31,32)/b18-14+. The second kappa shape index (κ2) is 11.1. The van der Waals surface area contributed by atoms with Gasteiger partial charge >= 0.3 is 5.97 Å². The van der Waals surface area contributed by atoms with Gasteiger partial charge in [0.2, 0.25) is 11.8 Å². The fourth-order valence-electron chi connectivity index (χ4n) is 3.98. The first-order chi connectivity index (χ1) is 17.4. The minimum atomic E-state index is -1.59. The Morgan fingerprint density at radius 1 is 1.03 bits per heavy atom. The van der Waals surface area contributed by atoms with Crippen molar-refractivity contribution in [1.29, 1.82) is 0 Å². The van der Waals surface area contributed by atoms with Crippen molar-refractivity contribution in [2.75, 3.05) is 19.5 Å². The van der Waals surface area contributed by atoms with E-state index in [9.17, 15) is 18.0 Å². The van der Waals surface area contributed by atoms with Gasteiger partial charge in [-0.05, 0) is 48.9 Å². The Labute approximate surface area is 205 Å². The Morgan fingerprint density at radius 2 is 1.81 bits per heavy atom. The maximum Gasteiger partial charge on any atom is 0.341 e. The molecule has 10 heteroatoms. The molecule has 0 aliphatic heterocycles. The van der Waals surface area contributed by atoms with Crippen LogP contribution in [0.5, 0.6) is 5.88 Å². The molecule has 0 amide bonds. The van der Waals surface area contributed by atoms with Crippen molar-refractivity contribution in [2.45, 2.75) is 32.3 Å². The van der Waals surface area contributed by atoms with Crippen molar-refractivity contribution >= 4 is 23.2 Å². The van der Waals surface area contributed by atoms with E-state index in [0.717, 1.165) is 36.2 Å². The number of carbonyl (C=O) groups excluding carboxylic acids is 1. The van der Waals surface area contributed by atoms with Gasteiger partial charge in [0.05, 0.1) is 31.9 Å². The number of nitrogens with one attached hydrogen (secondary N) is 1. The molecule has 1 aliphatic carbocycles. The third-order valence-corrected chi connectivity index (χ3v) is 5.74. The summed E-state index contributed by atoms with van der Waals surface area (Å²) >= 11 is 0. The van der Waals surface area contributed by atoms with Crippen LogP contribution in [-0.4, -0.2) is 30.2 Å². The first-order valence-corrected chi connectivity index (χ1v) is 11.3. The lowest BCUT2D eigenvalue weighted by atomic mass is 9.97. The van der Waals surface area contributed by atoms with Crippen molar-refractivity contribution in [2.24, 2.45) is 0 Å². The second-order valence-electron chi connectivity index (χ2n) is 8.04. The van der Waals surface area contributed by atoms with Gasteiger partial charge in [-0.3, -0.25) is 0 Å². The number of esters is 1. The van der Waals surface area contributed by atoms with Crippen molar-refractivity contribution < 1.29 is 32.2 Å². The van der Waals surface area contributed by atoms with Gasteiger partial charge in [-0.2, -0.15) is 4.98 Å². The highest BCUT2D eigenvalue weighted by Gasteiger charge is 2.22. The molecule has 0 fully saturated rings. The number of benzene rings is 2. The summed E-state index contributed by atoms with van der Waals surface area (Å²) in [5, 5.41) is 2.63. The predicted molar refractivity (Wildman–Crippen MR) is 126 cm³/mol. The van der Waals surface area contributed by atoms with E-state index in [-0.39, 0.29) is 29.7 Å². The summed E-state index contributed by atoms with van der Waals surface area (Å²) < 4.78 is 57.2. The number of nitrogens with zero attached hydrogens (tertiary/aromatic N) is 2. The van der Waals surface area contributed by atoms with Gasteiger partial charge in [0, 0.05) is 5.56 Å². The maximum absolute atomic E-state index is 14.2. The van der Waals surface area contributed by atoms with Crippen LogP contribution in [0.3, 0.4) is 0 Å². The van der Waals surface area contributed by atoms with Crippen LogP contribution in [0, 0.1) is 17.5 Å². The van der Waals surface area contributed by atoms with E-state index < -0.39 is 23.4 Å². The van der Waals surface area contributed by atoms with E-state index in [0.29, 0.717) is 24.0 Å². The molecule has 1 aliphatic rings. The van der Waals surface area contributed by atoms with Crippen LogP contribution in [0.2, 0.25) is 0 Å². The fourth-order valence-corrected chi connectivity index (χ4v) is 3.98. The normalized spacial score (nSPS) is 13.1. The highest BCUT2D eigenvalue weighted by atomic mass is 19.2. The lowest BCUT2D eigenvalue weighted by molar-refractivity contribution is -0.133. The summed E-state index contributed by atoms with van der Waals surface area (Å²) in [6, 6.07) is 9.01. The molecule has 0 atom stereocenters. The quantitative estimate of drug-likeness (QED) is 0.196. The fraction of sp³-hybridized carbons (Fsp3) is 0.269. The van der Waals surface area contributed by atoms with Gasteiger partial charge in [0.25, 0.3) is 0 Å². The highest BCUT2D eigenvalue weighted by Crippen LogP contribution is 2.31. The van der Waals surface area contributed by atoms with Crippen molar-refractivity contribution in [3.8, 4) is 5.88 Å². The van der Waals surface area contributed by atoms with E-state index in [1.807, 2.05) is 0 Å². The lowest BCUT2D eigenvalue weighted by Crippen LogP contribution is -2.14. The molecule has 3 aromatic rings. The molecule has 188 valence electrons. The smallest absolute Gasteiger partial charge is 0.341 e. The van der Waals surface area contributed by atoms with Crippen LogP contribution in [0.4, 0.5) is 24.8 Å². The topological polar surface area (TPSA) is 82.6 Å².